The van der Waals surface area contributed by atoms with Crippen molar-refractivity contribution < 1.29 is 9.50 Å². The van der Waals surface area contributed by atoms with E-state index < -0.39 is 5.60 Å². The Hall–Kier alpha value is -1.23. The number of aliphatic hydroxyl groups is 1. The zero-order valence-corrected chi connectivity index (χ0v) is 13.9. The second-order valence-corrected chi connectivity index (χ2v) is 6.86. The normalized spacial score (nSPS) is 18.3. The van der Waals surface area contributed by atoms with Crippen molar-refractivity contribution in [2.24, 2.45) is 0 Å². The van der Waals surface area contributed by atoms with Gasteiger partial charge in [0.15, 0.2) is 0 Å². The SMILES string of the molecule is OC1(c2ccc(Br)cc2)CCN(Cc2ccc(F)cc2)CC1. The zero-order valence-electron chi connectivity index (χ0n) is 12.3. The lowest BCUT2D eigenvalue weighted by Crippen LogP contribution is -2.42. The van der Waals surface area contributed by atoms with Gasteiger partial charge in [0.1, 0.15) is 5.82 Å². The summed E-state index contributed by atoms with van der Waals surface area (Å²) in [5, 5.41) is 10.9. The van der Waals surface area contributed by atoms with Crippen molar-refractivity contribution in [3.05, 3.63) is 69.9 Å². The molecule has 22 heavy (non-hydrogen) atoms. The summed E-state index contributed by atoms with van der Waals surface area (Å²) < 4.78 is 14.0. The minimum Gasteiger partial charge on any atom is -0.385 e. The fourth-order valence-corrected chi connectivity index (χ4v) is 3.24. The van der Waals surface area contributed by atoms with E-state index in [1.165, 1.54) is 12.1 Å². The molecule has 1 N–H and O–H groups in total. The van der Waals surface area contributed by atoms with E-state index in [0.717, 1.165) is 48.1 Å². The number of nitrogens with zero attached hydrogens (tertiary/aromatic N) is 1. The van der Waals surface area contributed by atoms with Crippen LogP contribution in [-0.2, 0) is 12.1 Å². The fraction of sp³-hybridized carbons (Fsp3) is 0.333. The molecule has 0 radical (unpaired) electrons. The van der Waals surface area contributed by atoms with Crippen LogP contribution in [0.3, 0.4) is 0 Å². The quantitative estimate of drug-likeness (QED) is 0.888. The maximum atomic E-state index is 12.9. The highest BCUT2D eigenvalue weighted by Crippen LogP contribution is 2.33. The Morgan fingerprint density at radius 1 is 1.00 bits per heavy atom. The first-order valence-corrected chi connectivity index (χ1v) is 8.30. The van der Waals surface area contributed by atoms with Gasteiger partial charge in [0, 0.05) is 24.1 Å². The highest BCUT2D eigenvalue weighted by Gasteiger charge is 2.33. The standard InChI is InChI=1S/C18H19BrFNO/c19-16-5-3-15(4-6-16)18(22)9-11-21(12-10-18)13-14-1-7-17(20)8-2-14/h1-8,22H,9-13H2. The molecule has 1 aliphatic rings. The molecule has 0 spiro atoms. The van der Waals surface area contributed by atoms with Crippen molar-refractivity contribution in [1.82, 2.24) is 4.90 Å². The molecule has 2 aromatic carbocycles. The Balaban J connectivity index is 1.62. The Morgan fingerprint density at radius 3 is 2.18 bits per heavy atom. The number of halogens is 2. The molecular weight excluding hydrogens is 345 g/mol. The lowest BCUT2D eigenvalue weighted by atomic mass is 9.84. The van der Waals surface area contributed by atoms with E-state index in [9.17, 15) is 9.50 Å². The molecule has 1 fully saturated rings. The average Bonchev–Trinajstić information content (AvgIpc) is 2.52. The molecule has 0 atom stereocenters. The number of piperidine rings is 1. The number of rotatable bonds is 3. The summed E-state index contributed by atoms with van der Waals surface area (Å²) in [4.78, 5) is 2.31. The monoisotopic (exact) mass is 363 g/mol. The van der Waals surface area contributed by atoms with Crippen molar-refractivity contribution in [3.63, 3.8) is 0 Å². The molecule has 1 heterocycles. The van der Waals surface area contributed by atoms with Gasteiger partial charge in [-0.05, 0) is 48.2 Å². The van der Waals surface area contributed by atoms with Crippen LogP contribution in [0.15, 0.2) is 53.0 Å². The molecule has 2 aromatic rings. The Labute approximate surface area is 138 Å². The van der Waals surface area contributed by atoms with Crippen LogP contribution in [0.5, 0.6) is 0 Å². The van der Waals surface area contributed by atoms with E-state index >= 15 is 0 Å². The first-order chi connectivity index (χ1) is 10.5. The van der Waals surface area contributed by atoms with Crippen molar-refractivity contribution in [3.8, 4) is 0 Å². The summed E-state index contributed by atoms with van der Waals surface area (Å²) in [6.45, 7) is 2.48. The van der Waals surface area contributed by atoms with E-state index in [4.69, 9.17) is 0 Å². The van der Waals surface area contributed by atoms with Crippen molar-refractivity contribution in [2.45, 2.75) is 25.0 Å². The third-order valence-electron chi connectivity index (χ3n) is 4.38. The van der Waals surface area contributed by atoms with E-state index in [0.29, 0.717) is 0 Å². The summed E-state index contributed by atoms with van der Waals surface area (Å²) in [6, 6.07) is 14.6. The van der Waals surface area contributed by atoms with Crippen LogP contribution in [0.4, 0.5) is 4.39 Å². The molecule has 0 amide bonds. The van der Waals surface area contributed by atoms with Crippen molar-refractivity contribution >= 4 is 15.9 Å². The van der Waals surface area contributed by atoms with Crippen molar-refractivity contribution in [1.29, 1.82) is 0 Å². The highest BCUT2D eigenvalue weighted by atomic mass is 79.9. The van der Waals surface area contributed by atoms with Gasteiger partial charge in [0.2, 0.25) is 0 Å². The Bertz CT molecular complexity index is 619. The second kappa shape index (κ2) is 6.49. The lowest BCUT2D eigenvalue weighted by Gasteiger charge is -2.38. The lowest BCUT2D eigenvalue weighted by molar-refractivity contribution is -0.0277. The molecule has 0 saturated carbocycles. The first-order valence-electron chi connectivity index (χ1n) is 7.50. The largest absolute Gasteiger partial charge is 0.385 e. The molecule has 1 saturated heterocycles. The third-order valence-corrected chi connectivity index (χ3v) is 4.91. The summed E-state index contributed by atoms with van der Waals surface area (Å²) in [5.41, 5.74) is 1.35. The summed E-state index contributed by atoms with van der Waals surface area (Å²) >= 11 is 3.42. The molecule has 2 nitrogen and oxygen atoms in total. The summed E-state index contributed by atoms with van der Waals surface area (Å²) in [6.07, 6.45) is 1.44. The van der Waals surface area contributed by atoms with Gasteiger partial charge in [0.25, 0.3) is 0 Å². The van der Waals surface area contributed by atoms with Gasteiger partial charge in [-0.1, -0.05) is 40.2 Å². The van der Waals surface area contributed by atoms with Gasteiger partial charge < -0.3 is 5.11 Å². The highest BCUT2D eigenvalue weighted by molar-refractivity contribution is 9.10. The zero-order chi connectivity index (χ0) is 15.6. The van der Waals surface area contributed by atoms with Gasteiger partial charge in [-0.15, -0.1) is 0 Å². The number of likely N-dealkylation sites (tertiary alicyclic amines) is 1. The maximum absolute atomic E-state index is 12.9. The van der Waals surface area contributed by atoms with Crippen LogP contribution in [0.2, 0.25) is 0 Å². The van der Waals surface area contributed by atoms with Crippen LogP contribution in [-0.4, -0.2) is 23.1 Å². The van der Waals surface area contributed by atoms with E-state index in [1.807, 2.05) is 36.4 Å². The molecule has 0 bridgehead atoms. The second-order valence-electron chi connectivity index (χ2n) is 5.94. The molecule has 116 valence electrons. The molecule has 0 unspecified atom stereocenters. The van der Waals surface area contributed by atoms with Gasteiger partial charge in [-0.25, -0.2) is 4.39 Å². The van der Waals surface area contributed by atoms with Gasteiger partial charge in [0.05, 0.1) is 5.60 Å². The maximum Gasteiger partial charge on any atom is 0.123 e. The average molecular weight is 364 g/mol. The van der Waals surface area contributed by atoms with Gasteiger partial charge in [-0.2, -0.15) is 0 Å². The van der Waals surface area contributed by atoms with E-state index in [1.54, 1.807) is 0 Å². The van der Waals surface area contributed by atoms with Crippen LogP contribution in [0.25, 0.3) is 0 Å². The predicted octanol–water partition coefficient (Wildman–Crippen LogP) is 4.07. The number of benzene rings is 2. The molecule has 3 rings (SSSR count). The van der Waals surface area contributed by atoms with E-state index in [-0.39, 0.29) is 5.82 Å². The third kappa shape index (κ3) is 3.57. The van der Waals surface area contributed by atoms with Crippen LogP contribution in [0.1, 0.15) is 24.0 Å². The minimum atomic E-state index is -0.736. The smallest absolute Gasteiger partial charge is 0.123 e. The van der Waals surface area contributed by atoms with Crippen LogP contribution >= 0.6 is 15.9 Å². The summed E-state index contributed by atoms with van der Waals surface area (Å²) in [5.74, 6) is -0.202. The van der Waals surface area contributed by atoms with Gasteiger partial charge >= 0.3 is 0 Å². The fourth-order valence-electron chi connectivity index (χ4n) is 2.98. The minimum absolute atomic E-state index is 0.202. The Morgan fingerprint density at radius 2 is 1.59 bits per heavy atom. The Kier molecular flexibility index (Phi) is 4.62. The number of hydrogen-bond donors (Lipinski definition) is 1. The van der Waals surface area contributed by atoms with Gasteiger partial charge in [-0.3, -0.25) is 4.90 Å². The predicted molar refractivity (Wildman–Crippen MR) is 88.9 cm³/mol. The molecule has 0 aliphatic carbocycles. The molecule has 4 heteroatoms. The molecule has 1 aliphatic heterocycles. The van der Waals surface area contributed by atoms with Crippen LogP contribution < -0.4 is 0 Å². The molecular formula is C18H19BrFNO. The first kappa shape index (κ1) is 15.7. The number of hydrogen-bond acceptors (Lipinski definition) is 2. The van der Waals surface area contributed by atoms with Crippen molar-refractivity contribution in [2.75, 3.05) is 13.1 Å². The topological polar surface area (TPSA) is 23.5 Å². The summed E-state index contributed by atoms with van der Waals surface area (Å²) in [7, 11) is 0. The van der Waals surface area contributed by atoms with E-state index in [2.05, 4.69) is 20.8 Å². The molecule has 0 aromatic heterocycles. The van der Waals surface area contributed by atoms with Crippen LogP contribution in [0, 0.1) is 5.82 Å².